The Bertz CT molecular complexity index is 478. The molecule has 0 fully saturated rings. The van der Waals surface area contributed by atoms with Gasteiger partial charge in [0.15, 0.2) is 0 Å². The molecule has 0 aliphatic carbocycles. The molecule has 0 bridgehead atoms. The van der Waals surface area contributed by atoms with Crippen molar-refractivity contribution in [2.75, 3.05) is 19.0 Å². The molecule has 1 amide bonds. The van der Waals surface area contributed by atoms with Crippen molar-refractivity contribution < 1.29 is 4.79 Å². The minimum absolute atomic E-state index is 0.145. The van der Waals surface area contributed by atoms with E-state index in [1.165, 1.54) is 4.90 Å². The summed E-state index contributed by atoms with van der Waals surface area (Å²) in [5.41, 5.74) is 4.60. The van der Waals surface area contributed by atoms with Crippen molar-refractivity contribution in [1.82, 2.24) is 4.90 Å². The second-order valence-corrected chi connectivity index (χ2v) is 4.41. The number of nitrogens with one attached hydrogen (secondary N) is 1. The number of nitrogens with two attached hydrogens (primary N) is 1. The number of hydrogen-bond donors (Lipinski definition) is 2. The van der Waals surface area contributed by atoms with E-state index in [1.807, 2.05) is 13.0 Å². The van der Waals surface area contributed by atoms with Crippen LogP contribution < -0.4 is 11.3 Å². The van der Waals surface area contributed by atoms with Crippen molar-refractivity contribution in [3.8, 4) is 6.07 Å². The van der Waals surface area contributed by atoms with Crippen molar-refractivity contribution >= 4 is 11.6 Å². The van der Waals surface area contributed by atoms with E-state index >= 15 is 0 Å². The van der Waals surface area contributed by atoms with Gasteiger partial charge in [-0.3, -0.25) is 10.6 Å². The fourth-order valence-electron chi connectivity index (χ4n) is 1.70. The van der Waals surface area contributed by atoms with Crippen LogP contribution in [0.1, 0.15) is 22.8 Å². The van der Waals surface area contributed by atoms with Gasteiger partial charge in [0.05, 0.1) is 23.2 Å². The van der Waals surface area contributed by atoms with Crippen LogP contribution in [0.2, 0.25) is 0 Å². The summed E-state index contributed by atoms with van der Waals surface area (Å²) >= 11 is 0. The van der Waals surface area contributed by atoms with Crippen LogP contribution in [0, 0.1) is 24.2 Å². The number of carbonyl (C=O) groups is 1. The molecule has 0 aromatic heterocycles. The Morgan fingerprint density at radius 1 is 1.61 bits per heavy atom. The zero-order valence-corrected chi connectivity index (χ0v) is 10.9. The first-order chi connectivity index (χ1) is 8.49. The second-order valence-electron chi connectivity index (χ2n) is 4.41. The van der Waals surface area contributed by atoms with Crippen LogP contribution in [-0.2, 0) is 0 Å². The number of nitriles is 1. The molecule has 5 nitrogen and oxygen atoms in total. The third-order valence-electron chi connectivity index (χ3n) is 2.68. The number of hydrazine groups is 1. The Labute approximate surface area is 107 Å². The first-order valence-corrected chi connectivity index (χ1v) is 5.72. The number of aryl methyl sites for hydroxylation is 1. The summed E-state index contributed by atoms with van der Waals surface area (Å²) < 4.78 is 0. The van der Waals surface area contributed by atoms with Crippen LogP contribution in [0.15, 0.2) is 18.2 Å². The van der Waals surface area contributed by atoms with E-state index in [4.69, 9.17) is 11.1 Å². The zero-order valence-electron chi connectivity index (χ0n) is 10.9. The Balaban J connectivity index is 2.96. The summed E-state index contributed by atoms with van der Waals surface area (Å²) in [6.07, 6.45) is 0. The number of amides is 1. The first kappa shape index (κ1) is 14.0. The monoisotopic (exact) mass is 246 g/mol. The van der Waals surface area contributed by atoms with E-state index in [-0.39, 0.29) is 11.8 Å². The number of nitrogen functional groups attached to an aromatic ring is 1. The molecule has 5 heteroatoms. The maximum Gasteiger partial charge on any atom is 0.255 e. The topological polar surface area (TPSA) is 82.2 Å². The highest BCUT2D eigenvalue weighted by Crippen LogP contribution is 2.18. The van der Waals surface area contributed by atoms with Gasteiger partial charge in [0.2, 0.25) is 0 Å². The van der Waals surface area contributed by atoms with Gasteiger partial charge in [0, 0.05) is 13.6 Å². The number of hydrogen-bond acceptors (Lipinski definition) is 4. The van der Waals surface area contributed by atoms with E-state index in [0.29, 0.717) is 17.8 Å². The highest BCUT2D eigenvalue weighted by atomic mass is 16.2. The lowest BCUT2D eigenvalue weighted by atomic mass is 10.1. The third kappa shape index (κ3) is 3.22. The average molecular weight is 246 g/mol. The lowest BCUT2D eigenvalue weighted by Crippen LogP contribution is -2.31. The average Bonchev–Trinajstić information content (AvgIpc) is 2.37. The fourth-order valence-corrected chi connectivity index (χ4v) is 1.70. The normalized spacial score (nSPS) is 11.5. The lowest BCUT2D eigenvalue weighted by Gasteiger charge is -2.20. The van der Waals surface area contributed by atoms with Crippen molar-refractivity contribution in [3.63, 3.8) is 0 Å². The van der Waals surface area contributed by atoms with E-state index in [9.17, 15) is 4.79 Å². The van der Waals surface area contributed by atoms with Gasteiger partial charge in [0.25, 0.3) is 5.91 Å². The molecule has 0 radical (unpaired) electrons. The quantitative estimate of drug-likeness (QED) is 0.623. The molecule has 18 heavy (non-hydrogen) atoms. The number of rotatable bonds is 4. The molecule has 0 aliphatic rings. The van der Waals surface area contributed by atoms with E-state index in [2.05, 4.69) is 11.5 Å². The Hall–Kier alpha value is -2.06. The van der Waals surface area contributed by atoms with Gasteiger partial charge < -0.3 is 10.3 Å². The Kier molecular flexibility index (Phi) is 4.69. The standard InChI is InChI=1S/C13H18N4O/c1-9-4-5-12(16-15)11(6-9)13(18)17(3)8-10(2)7-14/h4-6,10,16H,8,15H2,1-3H3. The highest BCUT2D eigenvalue weighted by molar-refractivity contribution is 5.99. The van der Waals surface area contributed by atoms with Gasteiger partial charge in [-0.05, 0) is 26.0 Å². The molecule has 96 valence electrons. The van der Waals surface area contributed by atoms with Gasteiger partial charge >= 0.3 is 0 Å². The molecule has 0 heterocycles. The fraction of sp³-hybridized carbons (Fsp3) is 0.385. The SMILES string of the molecule is Cc1ccc(NN)c(C(=O)N(C)CC(C)C#N)c1. The maximum atomic E-state index is 12.2. The molecule has 1 unspecified atom stereocenters. The van der Waals surface area contributed by atoms with Crippen molar-refractivity contribution in [1.29, 1.82) is 5.26 Å². The van der Waals surface area contributed by atoms with Crippen LogP contribution >= 0.6 is 0 Å². The molecule has 0 saturated heterocycles. The molecule has 0 spiro atoms. The smallest absolute Gasteiger partial charge is 0.255 e. The third-order valence-corrected chi connectivity index (χ3v) is 2.68. The molecular weight excluding hydrogens is 228 g/mol. The van der Waals surface area contributed by atoms with Gasteiger partial charge in [-0.1, -0.05) is 11.6 Å². The summed E-state index contributed by atoms with van der Waals surface area (Å²) in [6, 6.07) is 7.54. The van der Waals surface area contributed by atoms with Gasteiger partial charge in [-0.2, -0.15) is 5.26 Å². The van der Waals surface area contributed by atoms with Crippen LogP contribution in [0.4, 0.5) is 5.69 Å². The molecule has 1 aromatic rings. The van der Waals surface area contributed by atoms with Crippen LogP contribution in [0.25, 0.3) is 0 Å². The van der Waals surface area contributed by atoms with Crippen molar-refractivity contribution in [2.45, 2.75) is 13.8 Å². The maximum absolute atomic E-state index is 12.2. The summed E-state index contributed by atoms with van der Waals surface area (Å²) in [4.78, 5) is 13.8. The molecule has 1 atom stereocenters. The summed E-state index contributed by atoms with van der Waals surface area (Å²) in [5.74, 6) is 5.05. The Morgan fingerprint density at radius 3 is 2.83 bits per heavy atom. The Morgan fingerprint density at radius 2 is 2.28 bits per heavy atom. The predicted octanol–water partition coefficient (Wildman–Crippen LogP) is 1.51. The van der Waals surface area contributed by atoms with Crippen molar-refractivity contribution in [3.05, 3.63) is 29.3 Å². The molecule has 3 N–H and O–H groups in total. The summed E-state index contributed by atoms with van der Waals surface area (Å²) in [5, 5.41) is 8.76. The number of anilines is 1. The molecular formula is C13H18N4O. The van der Waals surface area contributed by atoms with Crippen LogP contribution in [-0.4, -0.2) is 24.4 Å². The number of benzene rings is 1. The van der Waals surface area contributed by atoms with E-state index in [0.717, 1.165) is 5.56 Å². The number of carbonyl (C=O) groups excluding carboxylic acids is 1. The first-order valence-electron chi connectivity index (χ1n) is 5.72. The minimum atomic E-state index is -0.196. The summed E-state index contributed by atoms with van der Waals surface area (Å²) in [7, 11) is 1.68. The lowest BCUT2D eigenvalue weighted by molar-refractivity contribution is 0.0786. The van der Waals surface area contributed by atoms with Crippen molar-refractivity contribution in [2.24, 2.45) is 11.8 Å². The van der Waals surface area contributed by atoms with Crippen LogP contribution in [0.3, 0.4) is 0 Å². The number of nitrogens with zero attached hydrogens (tertiary/aromatic N) is 2. The van der Waals surface area contributed by atoms with E-state index in [1.54, 1.807) is 26.1 Å². The largest absolute Gasteiger partial charge is 0.340 e. The van der Waals surface area contributed by atoms with Gasteiger partial charge in [-0.25, -0.2) is 0 Å². The van der Waals surface area contributed by atoms with Gasteiger partial charge in [0.1, 0.15) is 0 Å². The minimum Gasteiger partial charge on any atom is -0.340 e. The highest BCUT2D eigenvalue weighted by Gasteiger charge is 2.17. The molecule has 1 aromatic carbocycles. The molecule has 0 saturated carbocycles. The van der Waals surface area contributed by atoms with Gasteiger partial charge in [-0.15, -0.1) is 0 Å². The molecule has 1 rings (SSSR count). The summed E-state index contributed by atoms with van der Waals surface area (Å²) in [6.45, 7) is 4.09. The molecule has 0 aliphatic heterocycles. The van der Waals surface area contributed by atoms with Crippen LogP contribution in [0.5, 0.6) is 0 Å². The van der Waals surface area contributed by atoms with E-state index < -0.39 is 0 Å². The second kappa shape index (κ2) is 6.03. The zero-order chi connectivity index (χ0) is 13.7. The predicted molar refractivity (Wildman–Crippen MR) is 70.7 cm³/mol.